The third-order valence-corrected chi connectivity index (χ3v) is 4.65. The molecule has 2 aromatic carbocycles. The van der Waals surface area contributed by atoms with E-state index >= 15 is 0 Å². The Hall–Kier alpha value is -3.16. The van der Waals surface area contributed by atoms with Crippen molar-refractivity contribution in [2.45, 2.75) is 32.6 Å². The van der Waals surface area contributed by atoms with Crippen molar-refractivity contribution in [2.24, 2.45) is 0 Å². The van der Waals surface area contributed by atoms with E-state index in [9.17, 15) is 14.4 Å². The maximum atomic E-state index is 12.9. The zero-order chi connectivity index (χ0) is 21.8. The highest BCUT2D eigenvalue weighted by Gasteiger charge is 2.23. The van der Waals surface area contributed by atoms with Gasteiger partial charge in [-0.1, -0.05) is 41.9 Å². The number of aromatic amines is 1. The Morgan fingerprint density at radius 2 is 1.87 bits per heavy atom. The van der Waals surface area contributed by atoms with Gasteiger partial charge in [0.25, 0.3) is 11.5 Å². The van der Waals surface area contributed by atoms with E-state index in [2.05, 4.69) is 10.3 Å². The summed E-state index contributed by atoms with van der Waals surface area (Å²) in [6.45, 7) is 3.76. The van der Waals surface area contributed by atoms with Crippen LogP contribution in [0, 0.1) is 0 Å². The average Bonchev–Trinajstić information content (AvgIpc) is 2.70. The molecule has 0 aliphatic carbocycles. The number of fused-ring (bicyclic) bond motifs is 1. The van der Waals surface area contributed by atoms with Crippen LogP contribution in [0.4, 0.5) is 0 Å². The SMILES string of the molecule is CC(C)O[C@H](C(=O)NCc1cc(Cl)cc2cc(C(=O)O)c(=O)[nH]c12)c1ccccc1. The van der Waals surface area contributed by atoms with Gasteiger partial charge in [-0.05, 0) is 43.2 Å². The number of hydrogen-bond acceptors (Lipinski definition) is 4. The molecule has 156 valence electrons. The molecule has 0 aliphatic rings. The maximum Gasteiger partial charge on any atom is 0.341 e. The number of hydrogen-bond donors (Lipinski definition) is 3. The van der Waals surface area contributed by atoms with Crippen molar-refractivity contribution in [3.63, 3.8) is 0 Å². The molecule has 0 saturated carbocycles. The normalized spacial score (nSPS) is 12.1. The number of amides is 1. The molecule has 1 amide bonds. The number of nitrogens with one attached hydrogen (secondary N) is 2. The number of benzene rings is 2. The fraction of sp³-hybridized carbons (Fsp3) is 0.227. The molecular weight excluding hydrogens is 408 g/mol. The second-order valence-electron chi connectivity index (χ2n) is 7.04. The number of carbonyl (C=O) groups is 2. The van der Waals surface area contributed by atoms with E-state index in [1.807, 2.05) is 44.2 Å². The Morgan fingerprint density at radius 1 is 1.17 bits per heavy atom. The van der Waals surface area contributed by atoms with Gasteiger partial charge in [0.2, 0.25) is 0 Å². The Morgan fingerprint density at radius 3 is 2.50 bits per heavy atom. The van der Waals surface area contributed by atoms with Gasteiger partial charge in [0, 0.05) is 17.0 Å². The minimum absolute atomic E-state index is 0.0725. The Bertz CT molecular complexity index is 1140. The molecule has 0 spiro atoms. The minimum Gasteiger partial charge on any atom is -0.477 e. The van der Waals surface area contributed by atoms with E-state index in [-0.39, 0.29) is 24.1 Å². The van der Waals surface area contributed by atoms with Gasteiger partial charge in [-0.25, -0.2) is 4.79 Å². The van der Waals surface area contributed by atoms with Crippen LogP contribution in [0.2, 0.25) is 5.02 Å². The van der Waals surface area contributed by atoms with Crippen molar-refractivity contribution in [1.82, 2.24) is 10.3 Å². The van der Waals surface area contributed by atoms with E-state index in [1.54, 1.807) is 12.1 Å². The van der Waals surface area contributed by atoms with Crippen LogP contribution >= 0.6 is 11.6 Å². The second-order valence-corrected chi connectivity index (χ2v) is 7.48. The molecule has 0 unspecified atom stereocenters. The molecule has 0 saturated heterocycles. The molecule has 1 aromatic heterocycles. The Balaban J connectivity index is 1.90. The van der Waals surface area contributed by atoms with E-state index < -0.39 is 17.6 Å². The number of ether oxygens (including phenoxy) is 1. The molecule has 0 fully saturated rings. The number of aromatic carboxylic acids is 1. The number of carboxylic acids is 1. The quantitative estimate of drug-likeness (QED) is 0.532. The first kappa shape index (κ1) is 21.5. The highest BCUT2D eigenvalue weighted by Crippen LogP contribution is 2.24. The zero-order valence-corrected chi connectivity index (χ0v) is 17.2. The highest BCUT2D eigenvalue weighted by atomic mass is 35.5. The van der Waals surface area contributed by atoms with Crippen LogP contribution in [-0.2, 0) is 16.1 Å². The summed E-state index contributed by atoms with van der Waals surface area (Å²) in [6, 6.07) is 13.6. The number of aromatic nitrogens is 1. The van der Waals surface area contributed by atoms with Gasteiger partial charge < -0.3 is 20.1 Å². The average molecular weight is 429 g/mol. The fourth-order valence-electron chi connectivity index (χ4n) is 3.12. The lowest BCUT2D eigenvalue weighted by atomic mass is 10.1. The highest BCUT2D eigenvalue weighted by molar-refractivity contribution is 6.31. The van der Waals surface area contributed by atoms with Crippen LogP contribution in [0.15, 0.2) is 53.3 Å². The van der Waals surface area contributed by atoms with Gasteiger partial charge in [0.15, 0.2) is 6.10 Å². The van der Waals surface area contributed by atoms with Gasteiger partial charge in [-0.15, -0.1) is 0 Å². The molecule has 1 atom stereocenters. The summed E-state index contributed by atoms with van der Waals surface area (Å²) in [7, 11) is 0. The van der Waals surface area contributed by atoms with Crippen molar-refractivity contribution in [3.05, 3.63) is 80.6 Å². The topological polar surface area (TPSA) is 108 Å². The molecule has 8 heteroatoms. The molecule has 30 heavy (non-hydrogen) atoms. The van der Waals surface area contributed by atoms with Gasteiger partial charge in [0.1, 0.15) is 5.56 Å². The van der Waals surface area contributed by atoms with Crippen LogP contribution < -0.4 is 10.9 Å². The summed E-state index contributed by atoms with van der Waals surface area (Å²) >= 11 is 6.16. The van der Waals surface area contributed by atoms with Crippen molar-refractivity contribution in [3.8, 4) is 0 Å². The van der Waals surface area contributed by atoms with E-state index in [4.69, 9.17) is 21.4 Å². The third kappa shape index (κ3) is 4.87. The number of carboxylic acid groups (broad SMARTS) is 1. The molecule has 3 rings (SSSR count). The zero-order valence-electron chi connectivity index (χ0n) is 16.4. The van der Waals surface area contributed by atoms with Crippen molar-refractivity contribution < 1.29 is 19.4 Å². The largest absolute Gasteiger partial charge is 0.477 e. The molecule has 0 bridgehead atoms. The van der Waals surface area contributed by atoms with E-state index in [0.29, 0.717) is 21.5 Å². The lowest BCUT2D eigenvalue weighted by Crippen LogP contribution is -2.32. The summed E-state index contributed by atoms with van der Waals surface area (Å²) in [4.78, 5) is 38.8. The monoisotopic (exact) mass is 428 g/mol. The predicted octanol–water partition coefficient (Wildman–Crippen LogP) is 3.66. The van der Waals surface area contributed by atoms with E-state index in [0.717, 1.165) is 5.56 Å². The molecule has 3 N–H and O–H groups in total. The molecule has 0 radical (unpaired) electrons. The lowest BCUT2D eigenvalue weighted by Gasteiger charge is -2.20. The van der Waals surface area contributed by atoms with Gasteiger partial charge in [-0.2, -0.15) is 0 Å². The summed E-state index contributed by atoms with van der Waals surface area (Å²) in [5.41, 5.74) is 0.579. The summed E-state index contributed by atoms with van der Waals surface area (Å²) in [5.74, 6) is -1.67. The van der Waals surface area contributed by atoms with Gasteiger partial charge in [0.05, 0.1) is 11.6 Å². The summed E-state index contributed by atoms with van der Waals surface area (Å²) < 4.78 is 5.80. The van der Waals surface area contributed by atoms with Crippen LogP contribution in [0.5, 0.6) is 0 Å². The van der Waals surface area contributed by atoms with Crippen LogP contribution in [-0.4, -0.2) is 28.1 Å². The van der Waals surface area contributed by atoms with Gasteiger partial charge >= 0.3 is 5.97 Å². The molecule has 1 heterocycles. The van der Waals surface area contributed by atoms with Crippen LogP contribution in [0.25, 0.3) is 10.9 Å². The minimum atomic E-state index is -1.33. The first-order valence-corrected chi connectivity index (χ1v) is 9.71. The Kier molecular flexibility index (Phi) is 6.54. The fourth-order valence-corrected chi connectivity index (χ4v) is 3.37. The van der Waals surface area contributed by atoms with E-state index in [1.165, 1.54) is 6.07 Å². The molecular formula is C22H21ClN2O5. The number of carbonyl (C=O) groups excluding carboxylic acids is 1. The second kappa shape index (κ2) is 9.11. The van der Waals surface area contributed by atoms with Crippen molar-refractivity contribution in [2.75, 3.05) is 0 Å². The Labute approximate surface area is 177 Å². The number of rotatable bonds is 7. The number of H-pyrrole nitrogens is 1. The van der Waals surface area contributed by atoms with Crippen molar-refractivity contribution >= 4 is 34.4 Å². The smallest absolute Gasteiger partial charge is 0.341 e. The molecule has 0 aliphatic heterocycles. The van der Waals surface area contributed by atoms with Crippen LogP contribution in [0.1, 0.15) is 41.4 Å². The first-order valence-electron chi connectivity index (χ1n) is 9.33. The first-order chi connectivity index (χ1) is 14.3. The predicted molar refractivity (Wildman–Crippen MR) is 114 cm³/mol. The summed E-state index contributed by atoms with van der Waals surface area (Å²) in [5, 5.41) is 12.8. The number of halogens is 1. The van der Waals surface area contributed by atoms with Crippen LogP contribution in [0.3, 0.4) is 0 Å². The standard InChI is InChI=1S/C22H21ClN2O5/c1-12(2)30-19(13-6-4-3-5-7-13)21(27)24-11-15-9-16(23)8-14-10-17(22(28)29)20(26)25-18(14)15/h3-10,12,19H,11H2,1-2H3,(H,24,27)(H,25,26)(H,28,29)/t19-/m0/s1. The van der Waals surface area contributed by atoms with Gasteiger partial charge in [-0.3, -0.25) is 9.59 Å². The maximum absolute atomic E-state index is 12.9. The molecule has 3 aromatic rings. The lowest BCUT2D eigenvalue weighted by molar-refractivity contribution is -0.136. The summed E-state index contributed by atoms with van der Waals surface area (Å²) in [6.07, 6.45) is -0.965. The third-order valence-electron chi connectivity index (χ3n) is 4.43. The molecule has 7 nitrogen and oxygen atoms in total. The number of pyridine rings is 1. The van der Waals surface area contributed by atoms with Crippen molar-refractivity contribution in [1.29, 1.82) is 0 Å².